The first-order valence-corrected chi connectivity index (χ1v) is 11.2. The van der Waals surface area contributed by atoms with E-state index in [0.29, 0.717) is 6.54 Å². The summed E-state index contributed by atoms with van der Waals surface area (Å²) in [5.41, 5.74) is 9.68. The number of ether oxygens (including phenoxy) is 1. The van der Waals surface area contributed by atoms with E-state index in [0.717, 1.165) is 55.2 Å². The predicted octanol–water partition coefficient (Wildman–Crippen LogP) is 2.30. The van der Waals surface area contributed by atoms with Crippen molar-refractivity contribution in [2.75, 3.05) is 31.6 Å². The molecule has 2 aromatic heterocycles. The van der Waals surface area contributed by atoms with Gasteiger partial charge >= 0.3 is 0 Å². The molecule has 9 nitrogen and oxygen atoms in total. The third kappa shape index (κ3) is 6.60. The van der Waals surface area contributed by atoms with Gasteiger partial charge in [-0.1, -0.05) is 12.1 Å². The van der Waals surface area contributed by atoms with Gasteiger partial charge in [0.25, 0.3) is 0 Å². The summed E-state index contributed by atoms with van der Waals surface area (Å²) in [5.74, 6) is -0.602. The lowest BCUT2D eigenvalue weighted by Gasteiger charge is -2.26. The van der Waals surface area contributed by atoms with Crippen LogP contribution >= 0.6 is 0 Å². The van der Waals surface area contributed by atoms with Crippen LogP contribution in [0.3, 0.4) is 0 Å². The number of amides is 2. The number of morpholine rings is 1. The second kappa shape index (κ2) is 11.4. The number of primary amides is 1. The number of carbonyl (C=O) groups excluding carboxylic acids is 2. The van der Waals surface area contributed by atoms with E-state index >= 15 is 0 Å². The van der Waals surface area contributed by atoms with Gasteiger partial charge in [0.1, 0.15) is 0 Å². The van der Waals surface area contributed by atoms with Crippen molar-refractivity contribution < 1.29 is 14.3 Å². The maximum atomic E-state index is 12.5. The van der Waals surface area contributed by atoms with Gasteiger partial charge in [0.2, 0.25) is 11.8 Å². The minimum atomic E-state index is -0.373. The molecule has 1 aliphatic heterocycles. The quantitative estimate of drug-likeness (QED) is 0.474. The van der Waals surface area contributed by atoms with Crippen LogP contribution in [0.2, 0.25) is 0 Å². The van der Waals surface area contributed by atoms with Crippen molar-refractivity contribution in [2.45, 2.75) is 19.5 Å². The molecule has 1 aromatic carbocycles. The van der Waals surface area contributed by atoms with Crippen LogP contribution in [-0.4, -0.2) is 57.8 Å². The molecule has 176 valence electrons. The van der Waals surface area contributed by atoms with Crippen LogP contribution in [-0.2, 0) is 27.4 Å². The van der Waals surface area contributed by atoms with E-state index in [1.54, 1.807) is 29.3 Å². The largest absolute Gasteiger partial charge is 0.379 e. The molecule has 3 aromatic rings. The Morgan fingerprint density at radius 1 is 1.12 bits per heavy atom. The zero-order valence-corrected chi connectivity index (χ0v) is 18.9. The van der Waals surface area contributed by atoms with Crippen LogP contribution in [0.15, 0.2) is 61.2 Å². The molecule has 9 heteroatoms. The molecule has 0 unspecified atom stereocenters. The zero-order chi connectivity index (χ0) is 23.8. The van der Waals surface area contributed by atoms with Crippen molar-refractivity contribution >= 4 is 23.6 Å². The van der Waals surface area contributed by atoms with Crippen molar-refractivity contribution in [1.82, 2.24) is 19.7 Å². The first-order valence-electron chi connectivity index (χ1n) is 11.2. The maximum absolute atomic E-state index is 12.5. The van der Waals surface area contributed by atoms with Gasteiger partial charge in [0, 0.05) is 74.1 Å². The van der Waals surface area contributed by atoms with E-state index in [1.165, 1.54) is 11.6 Å². The SMILES string of the molecule is NC(=O)CCn1cc(-c2ccncc2/C=C/C(=O)Nc2ccc(CN3CCOCC3)cc2)cn1. The number of nitrogens with zero attached hydrogens (tertiary/aromatic N) is 4. The van der Waals surface area contributed by atoms with E-state index in [9.17, 15) is 9.59 Å². The molecule has 0 saturated carbocycles. The van der Waals surface area contributed by atoms with Crippen molar-refractivity contribution in [3.05, 3.63) is 72.3 Å². The Morgan fingerprint density at radius 3 is 2.68 bits per heavy atom. The molecular formula is C25H28N6O3. The third-order valence-corrected chi connectivity index (χ3v) is 5.53. The maximum Gasteiger partial charge on any atom is 0.248 e. The minimum absolute atomic E-state index is 0.221. The van der Waals surface area contributed by atoms with Gasteiger partial charge in [-0.15, -0.1) is 0 Å². The number of rotatable bonds is 9. The van der Waals surface area contributed by atoms with Crippen molar-refractivity contribution in [3.63, 3.8) is 0 Å². The van der Waals surface area contributed by atoms with Gasteiger partial charge in [-0.3, -0.25) is 24.2 Å². The number of nitrogens with two attached hydrogens (primary N) is 1. The number of benzene rings is 1. The van der Waals surface area contributed by atoms with E-state index in [-0.39, 0.29) is 18.2 Å². The summed E-state index contributed by atoms with van der Waals surface area (Å²) in [6.07, 6.45) is 10.4. The summed E-state index contributed by atoms with van der Waals surface area (Å²) in [6, 6.07) is 9.75. The molecule has 34 heavy (non-hydrogen) atoms. The Morgan fingerprint density at radius 2 is 1.91 bits per heavy atom. The van der Waals surface area contributed by atoms with Gasteiger partial charge in [-0.25, -0.2) is 0 Å². The van der Waals surface area contributed by atoms with Gasteiger partial charge in [-0.05, 0) is 35.4 Å². The average molecular weight is 461 g/mol. The van der Waals surface area contributed by atoms with Crippen LogP contribution in [0.1, 0.15) is 17.5 Å². The van der Waals surface area contributed by atoms with Crippen LogP contribution in [0, 0.1) is 0 Å². The predicted molar refractivity (Wildman–Crippen MR) is 129 cm³/mol. The molecule has 3 heterocycles. The van der Waals surface area contributed by atoms with Gasteiger partial charge in [0.05, 0.1) is 19.4 Å². The highest BCUT2D eigenvalue weighted by Gasteiger charge is 2.11. The van der Waals surface area contributed by atoms with Gasteiger partial charge < -0.3 is 15.8 Å². The molecule has 3 N–H and O–H groups in total. The lowest BCUT2D eigenvalue weighted by molar-refractivity contribution is -0.118. The van der Waals surface area contributed by atoms with E-state index in [4.69, 9.17) is 10.5 Å². The number of carbonyl (C=O) groups is 2. The summed E-state index contributed by atoms with van der Waals surface area (Å²) >= 11 is 0. The summed E-state index contributed by atoms with van der Waals surface area (Å²) < 4.78 is 7.06. The Balaban J connectivity index is 1.36. The molecule has 1 fully saturated rings. The number of nitrogens with one attached hydrogen (secondary N) is 1. The Kier molecular flexibility index (Phi) is 7.79. The topological polar surface area (TPSA) is 115 Å². The second-order valence-corrected chi connectivity index (χ2v) is 8.08. The number of pyridine rings is 1. The number of aryl methyl sites for hydroxylation is 1. The van der Waals surface area contributed by atoms with Gasteiger partial charge in [0.15, 0.2) is 0 Å². The van der Waals surface area contributed by atoms with Crippen LogP contribution < -0.4 is 11.1 Å². The third-order valence-electron chi connectivity index (χ3n) is 5.53. The second-order valence-electron chi connectivity index (χ2n) is 8.08. The molecule has 1 saturated heterocycles. The molecular weight excluding hydrogens is 432 g/mol. The van der Waals surface area contributed by atoms with Crippen LogP contribution in [0.5, 0.6) is 0 Å². The normalized spacial score (nSPS) is 14.4. The molecule has 0 radical (unpaired) electrons. The Labute approximate surface area is 198 Å². The van der Waals surface area contributed by atoms with Crippen molar-refractivity contribution in [3.8, 4) is 11.1 Å². The molecule has 0 bridgehead atoms. The Bertz CT molecular complexity index is 1150. The molecule has 0 aliphatic carbocycles. The number of hydrogen-bond acceptors (Lipinski definition) is 6. The highest BCUT2D eigenvalue weighted by molar-refractivity contribution is 6.02. The van der Waals surface area contributed by atoms with Crippen molar-refractivity contribution in [1.29, 1.82) is 0 Å². The zero-order valence-electron chi connectivity index (χ0n) is 18.9. The molecule has 4 rings (SSSR count). The molecule has 1 aliphatic rings. The number of hydrogen-bond donors (Lipinski definition) is 2. The fraction of sp³-hybridized carbons (Fsp3) is 0.280. The summed E-state index contributed by atoms with van der Waals surface area (Å²) in [7, 11) is 0. The molecule has 2 amide bonds. The molecule has 0 spiro atoms. The van der Waals surface area contributed by atoms with Crippen molar-refractivity contribution in [2.24, 2.45) is 5.73 Å². The summed E-state index contributed by atoms with van der Waals surface area (Å²) in [6.45, 7) is 4.72. The summed E-state index contributed by atoms with van der Waals surface area (Å²) in [5, 5.41) is 7.17. The lowest BCUT2D eigenvalue weighted by Crippen LogP contribution is -2.35. The first-order chi connectivity index (χ1) is 16.6. The minimum Gasteiger partial charge on any atom is -0.379 e. The highest BCUT2D eigenvalue weighted by Crippen LogP contribution is 2.23. The Hall–Kier alpha value is -3.82. The smallest absolute Gasteiger partial charge is 0.248 e. The lowest BCUT2D eigenvalue weighted by atomic mass is 10.0. The molecule has 0 atom stereocenters. The van der Waals surface area contributed by atoms with Gasteiger partial charge in [-0.2, -0.15) is 5.10 Å². The van der Waals surface area contributed by atoms with E-state index in [2.05, 4.69) is 20.3 Å². The summed E-state index contributed by atoms with van der Waals surface area (Å²) in [4.78, 5) is 30.0. The van der Waals surface area contributed by atoms with E-state index in [1.807, 2.05) is 36.5 Å². The monoisotopic (exact) mass is 460 g/mol. The fourth-order valence-corrected chi connectivity index (χ4v) is 3.71. The number of anilines is 1. The average Bonchev–Trinajstić information content (AvgIpc) is 3.32. The van der Waals surface area contributed by atoms with Crippen LogP contribution in [0.25, 0.3) is 17.2 Å². The first kappa shape index (κ1) is 23.3. The fourth-order valence-electron chi connectivity index (χ4n) is 3.71. The van der Waals surface area contributed by atoms with E-state index < -0.39 is 0 Å². The van der Waals surface area contributed by atoms with Crippen LogP contribution in [0.4, 0.5) is 5.69 Å². The number of aromatic nitrogens is 3. The highest BCUT2D eigenvalue weighted by atomic mass is 16.5. The standard InChI is InChI=1S/C25H28N6O3/c26-24(32)8-10-31-18-21(16-28-31)23-7-9-27-15-20(23)3-6-25(33)29-22-4-1-19(2-5-22)17-30-11-13-34-14-12-30/h1-7,9,15-16,18H,8,10-14,17H2,(H2,26,32)(H,29,33)/b6-3+.